The Bertz CT molecular complexity index is 462. The van der Waals surface area contributed by atoms with E-state index < -0.39 is 11.6 Å². The highest BCUT2D eigenvalue weighted by Crippen LogP contribution is 2.26. The average molecular weight is 269 g/mol. The van der Waals surface area contributed by atoms with Gasteiger partial charge in [-0.2, -0.15) is 0 Å². The van der Waals surface area contributed by atoms with Crippen LogP contribution in [0, 0.1) is 17.0 Å². The van der Waals surface area contributed by atoms with Gasteiger partial charge in [0, 0.05) is 18.7 Å². The second-order valence-electron chi connectivity index (χ2n) is 4.80. The topological polar surface area (TPSA) is 62.3 Å². The summed E-state index contributed by atoms with van der Waals surface area (Å²) in [5.74, 6) is -2.38. The largest absolute Gasteiger partial charge is 0.484 e. The minimum atomic E-state index is -0.816. The lowest BCUT2D eigenvalue weighted by Gasteiger charge is -2.29. The van der Waals surface area contributed by atoms with E-state index in [9.17, 15) is 8.78 Å². The van der Waals surface area contributed by atoms with E-state index in [1.165, 1.54) is 0 Å². The molecule has 4 nitrogen and oxygen atoms in total. The van der Waals surface area contributed by atoms with E-state index >= 15 is 0 Å². The van der Waals surface area contributed by atoms with Crippen LogP contribution < -0.4 is 10.5 Å². The zero-order chi connectivity index (χ0) is 14.0. The first-order valence-corrected chi connectivity index (χ1v) is 6.16. The molecule has 0 aromatic heterocycles. The number of benzene rings is 1. The molecular weight excluding hydrogens is 252 g/mol. The van der Waals surface area contributed by atoms with Crippen LogP contribution in [0.5, 0.6) is 5.75 Å². The van der Waals surface area contributed by atoms with E-state index in [0.29, 0.717) is 0 Å². The molecule has 0 aliphatic carbocycles. The van der Waals surface area contributed by atoms with Crippen molar-refractivity contribution in [3.8, 4) is 5.75 Å². The van der Waals surface area contributed by atoms with Crippen LogP contribution in [0.2, 0.25) is 0 Å². The molecule has 1 aliphatic rings. The molecule has 0 radical (unpaired) electrons. The zero-order valence-corrected chi connectivity index (χ0v) is 10.7. The number of nitrogen functional groups attached to an aromatic ring is 1. The fourth-order valence-corrected chi connectivity index (χ4v) is 2.10. The van der Waals surface area contributed by atoms with Crippen LogP contribution in [0.25, 0.3) is 0 Å². The van der Waals surface area contributed by atoms with Crippen LogP contribution in [-0.2, 0) is 0 Å². The van der Waals surface area contributed by atoms with Crippen LogP contribution in [0.3, 0.4) is 0 Å². The number of hydrogen-bond donors (Lipinski definition) is 2. The zero-order valence-electron chi connectivity index (χ0n) is 10.7. The van der Waals surface area contributed by atoms with Gasteiger partial charge >= 0.3 is 0 Å². The van der Waals surface area contributed by atoms with Gasteiger partial charge in [-0.25, -0.2) is 8.78 Å². The molecule has 0 unspecified atom stereocenters. The van der Waals surface area contributed by atoms with Gasteiger partial charge < -0.3 is 15.4 Å². The summed E-state index contributed by atoms with van der Waals surface area (Å²) in [6.07, 6.45) is 1.30. The fraction of sp³-hybridized carbons (Fsp3) is 0.462. The van der Waals surface area contributed by atoms with Gasteiger partial charge in [-0.1, -0.05) is 0 Å². The van der Waals surface area contributed by atoms with Gasteiger partial charge in [0.05, 0.1) is 0 Å². The summed E-state index contributed by atoms with van der Waals surface area (Å²) in [5.41, 5.74) is 5.22. The molecule has 0 spiro atoms. The minimum absolute atomic E-state index is 0.0192. The quantitative estimate of drug-likeness (QED) is 0.649. The first kappa shape index (κ1) is 13.7. The number of likely N-dealkylation sites (tertiary alicyclic amines) is 1. The highest BCUT2D eigenvalue weighted by Gasteiger charge is 2.22. The summed E-state index contributed by atoms with van der Waals surface area (Å²) in [6, 6.07) is 2.05. The number of ether oxygens (including phenoxy) is 1. The number of nitrogens with one attached hydrogen (secondary N) is 1. The maximum Gasteiger partial charge on any atom is 0.191 e. The van der Waals surface area contributed by atoms with E-state index in [1.54, 1.807) is 0 Å². The summed E-state index contributed by atoms with van der Waals surface area (Å²) in [6.45, 7) is 1.69. The molecule has 104 valence electrons. The third-order valence-corrected chi connectivity index (χ3v) is 3.26. The van der Waals surface area contributed by atoms with Crippen molar-refractivity contribution in [3.05, 3.63) is 29.3 Å². The van der Waals surface area contributed by atoms with Crippen LogP contribution in [0.15, 0.2) is 12.1 Å². The number of rotatable bonds is 3. The first-order valence-electron chi connectivity index (χ1n) is 6.16. The van der Waals surface area contributed by atoms with Crippen molar-refractivity contribution < 1.29 is 13.5 Å². The smallest absolute Gasteiger partial charge is 0.191 e. The second kappa shape index (κ2) is 5.52. The molecule has 1 fully saturated rings. The minimum Gasteiger partial charge on any atom is -0.484 e. The second-order valence-corrected chi connectivity index (χ2v) is 4.80. The van der Waals surface area contributed by atoms with Crippen molar-refractivity contribution >= 4 is 5.84 Å². The molecule has 3 N–H and O–H groups in total. The third-order valence-electron chi connectivity index (χ3n) is 3.26. The van der Waals surface area contributed by atoms with Crippen LogP contribution in [-0.4, -0.2) is 37.0 Å². The standard InChI is InChI=1S/C13H17F2N3O/c1-18-4-2-9(3-5-18)19-12-10(14)6-8(13(16)17)7-11(12)15/h6-7,9H,2-5H2,1H3,(H3,16,17). The van der Waals surface area contributed by atoms with Crippen molar-refractivity contribution in [2.24, 2.45) is 5.73 Å². The molecule has 2 rings (SSSR count). The van der Waals surface area contributed by atoms with Gasteiger partial charge in [0.25, 0.3) is 0 Å². The Balaban J connectivity index is 2.14. The maximum atomic E-state index is 13.8. The number of hydrogen-bond acceptors (Lipinski definition) is 3. The number of piperidine rings is 1. The van der Waals surface area contributed by atoms with Crippen LogP contribution >= 0.6 is 0 Å². The van der Waals surface area contributed by atoms with Crippen molar-refractivity contribution in [1.82, 2.24) is 4.90 Å². The lowest BCUT2D eigenvalue weighted by Crippen LogP contribution is -2.36. The molecule has 0 bridgehead atoms. The SMILES string of the molecule is CN1CCC(Oc2c(F)cc(C(=N)N)cc2F)CC1. The van der Waals surface area contributed by atoms with Crippen molar-refractivity contribution in [1.29, 1.82) is 5.41 Å². The molecule has 1 heterocycles. The molecule has 19 heavy (non-hydrogen) atoms. The molecule has 0 saturated carbocycles. The molecule has 0 amide bonds. The van der Waals surface area contributed by atoms with Crippen molar-refractivity contribution in [2.45, 2.75) is 18.9 Å². The monoisotopic (exact) mass is 269 g/mol. The van der Waals surface area contributed by atoms with E-state index in [4.69, 9.17) is 15.9 Å². The molecular formula is C13H17F2N3O. The van der Waals surface area contributed by atoms with E-state index in [0.717, 1.165) is 38.1 Å². The number of amidine groups is 1. The Hall–Kier alpha value is -1.69. The Kier molecular flexibility index (Phi) is 3.99. The average Bonchev–Trinajstić information content (AvgIpc) is 2.35. The summed E-state index contributed by atoms with van der Waals surface area (Å²) < 4.78 is 33.0. The Morgan fingerprint density at radius 1 is 1.32 bits per heavy atom. The molecule has 1 aliphatic heterocycles. The number of nitrogens with zero attached hydrogens (tertiary/aromatic N) is 1. The Morgan fingerprint density at radius 3 is 2.32 bits per heavy atom. The maximum absolute atomic E-state index is 13.8. The first-order chi connectivity index (χ1) is 8.97. The van der Waals surface area contributed by atoms with Gasteiger partial charge in [0.2, 0.25) is 0 Å². The molecule has 1 saturated heterocycles. The summed E-state index contributed by atoms with van der Waals surface area (Å²) >= 11 is 0. The van der Waals surface area contributed by atoms with E-state index in [2.05, 4.69) is 4.90 Å². The van der Waals surface area contributed by atoms with Crippen LogP contribution in [0.1, 0.15) is 18.4 Å². The predicted molar refractivity (Wildman–Crippen MR) is 68.5 cm³/mol. The molecule has 6 heteroatoms. The predicted octanol–water partition coefficient (Wildman–Crippen LogP) is 1.72. The van der Waals surface area contributed by atoms with E-state index in [-0.39, 0.29) is 23.3 Å². The normalized spacial score (nSPS) is 17.4. The highest BCUT2D eigenvalue weighted by atomic mass is 19.1. The van der Waals surface area contributed by atoms with Crippen molar-refractivity contribution in [2.75, 3.05) is 20.1 Å². The lowest BCUT2D eigenvalue weighted by molar-refractivity contribution is 0.106. The van der Waals surface area contributed by atoms with E-state index in [1.807, 2.05) is 7.05 Å². The number of halogens is 2. The van der Waals surface area contributed by atoms with Gasteiger partial charge in [0.15, 0.2) is 17.4 Å². The van der Waals surface area contributed by atoms with Gasteiger partial charge in [-0.15, -0.1) is 0 Å². The van der Waals surface area contributed by atoms with Crippen molar-refractivity contribution in [3.63, 3.8) is 0 Å². The van der Waals surface area contributed by atoms with Gasteiger partial charge in [-0.3, -0.25) is 5.41 Å². The number of nitrogens with two attached hydrogens (primary N) is 1. The van der Waals surface area contributed by atoms with Crippen LogP contribution in [0.4, 0.5) is 8.78 Å². The summed E-state index contributed by atoms with van der Waals surface area (Å²) in [4.78, 5) is 2.14. The Labute approximate surface area is 110 Å². The van der Waals surface area contributed by atoms with Gasteiger partial charge in [0.1, 0.15) is 11.9 Å². The lowest BCUT2D eigenvalue weighted by atomic mass is 10.1. The third kappa shape index (κ3) is 3.20. The summed E-state index contributed by atoms with van der Waals surface area (Å²) in [7, 11) is 2.00. The highest BCUT2D eigenvalue weighted by molar-refractivity contribution is 5.95. The fourth-order valence-electron chi connectivity index (χ4n) is 2.10. The van der Waals surface area contributed by atoms with Gasteiger partial charge in [-0.05, 0) is 32.0 Å². The molecule has 0 atom stereocenters. The Morgan fingerprint density at radius 2 is 1.84 bits per heavy atom. The summed E-state index contributed by atoms with van der Waals surface area (Å²) in [5, 5.41) is 7.17. The molecule has 1 aromatic carbocycles. The molecule has 1 aromatic rings.